The molecule has 1 aliphatic heterocycles. The third-order valence-corrected chi connectivity index (χ3v) is 6.24. The molecule has 0 radical (unpaired) electrons. The van der Waals surface area contributed by atoms with Crippen LogP contribution in [0.1, 0.15) is 24.7 Å². The van der Waals surface area contributed by atoms with Crippen molar-refractivity contribution in [3.05, 3.63) is 58.4 Å². The van der Waals surface area contributed by atoms with E-state index in [9.17, 15) is 9.18 Å². The average Bonchev–Trinajstić information content (AvgIpc) is 3.26. The van der Waals surface area contributed by atoms with E-state index in [0.717, 1.165) is 61.7 Å². The molecular weight excluding hydrogens is 421 g/mol. The molecule has 5 rings (SSSR count). The highest BCUT2D eigenvalue weighted by atomic mass is 19.1. The topological polar surface area (TPSA) is 71.0 Å². The molecule has 0 aliphatic carbocycles. The fourth-order valence-corrected chi connectivity index (χ4v) is 4.49. The number of pyridine rings is 1. The second kappa shape index (κ2) is 8.90. The number of nitrogens with zero attached hydrogens (tertiary/aromatic N) is 7. The van der Waals surface area contributed by atoms with E-state index in [-0.39, 0.29) is 12.2 Å². The van der Waals surface area contributed by atoms with Crippen LogP contribution in [0.5, 0.6) is 0 Å². The Balaban J connectivity index is 1.44. The van der Waals surface area contributed by atoms with Gasteiger partial charge >= 0.3 is 0 Å². The number of rotatable bonds is 6. The maximum Gasteiger partial charge on any atom is 0.258 e. The molecule has 4 aromatic heterocycles. The van der Waals surface area contributed by atoms with Crippen molar-refractivity contribution in [3.63, 3.8) is 0 Å². The molecular formula is C24H28FN7O. The molecule has 0 spiro atoms. The zero-order chi connectivity index (χ0) is 22.9. The van der Waals surface area contributed by atoms with Gasteiger partial charge in [0.05, 0.1) is 41.2 Å². The molecule has 0 N–H and O–H groups in total. The van der Waals surface area contributed by atoms with Gasteiger partial charge in [0.1, 0.15) is 11.3 Å². The summed E-state index contributed by atoms with van der Waals surface area (Å²) < 4.78 is 15.8. The Morgan fingerprint density at radius 3 is 2.61 bits per heavy atom. The zero-order valence-electron chi connectivity index (χ0n) is 19.0. The van der Waals surface area contributed by atoms with E-state index in [2.05, 4.69) is 26.8 Å². The monoisotopic (exact) mass is 449 g/mol. The van der Waals surface area contributed by atoms with Crippen molar-refractivity contribution in [2.45, 2.75) is 26.7 Å². The number of fused-ring (bicyclic) bond motifs is 2. The highest BCUT2D eigenvalue weighted by Crippen LogP contribution is 2.22. The number of hydrogen-bond donors (Lipinski definition) is 0. The summed E-state index contributed by atoms with van der Waals surface area (Å²) >= 11 is 0. The van der Waals surface area contributed by atoms with Gasteiger partial charge < -0.3 is 4.90 Å². The van der Waals surface area contributed by atoms with Crippen LogP contribution in [0, 0.1) is 6.92 Å². The lowest BCUT2D eigenvalue weighted by Crippen LogP contribution is -2.46. The number of anilines is 1. The summed E-state index contributed by atoms with van der Waals surface area (Å²) in [5.74, 6) is 0. The van der Waals surface area contributed by atoms with Crippen molar-refractivity contribution in [1.29, 1.82) is 0 Å². The zero-order valence-corrected chi connectivity index (χ0v) is 19.0. The first-order chi connectivity index (χ1) is 16.1. The van der Waals surface area contributed by atoms with Crippen molar-refractivity contribution in [2.75, 3.05) is 44.3 Å². The van der Waals surface area contributed by atoms with Crippen molar-refractivity contribution < 1.29 is 4.39 Å². The lowest BCUT2D eigenvalue weighted by atomic mass is 10.2. The molecule has 0 bridgehead atoms. The molecule has 0 aromatic carbocycles. The predicted molar refractivity (Wildman–Crippen MR) is 127 cm³/mol. The Morgan fingerprint density at radius 2 is 1.85 bits per heavy atom. The van der Waals surface area contributed by atoms with Crippen LogP contribution >= 0.6 is 0 Å². The number of hydrogen-bond acceptors (Lipinski definition) is 6. The summed E-state index contributed by atoms with van der Waals surface area (Å²) in [6.45, 7) is 8.04. The summed E-state index contributed by atoms with van der Waals surface area (Å²) in [4.78, 5) is 26.8. The van der Waals surface area contributed by atoms with Gasteiger partial charge in [0, 0.05) is 45.0 Å². The number of piperazine rings is 1. The summed E-state index contributed by atoms with van der Waals surface area (Å²) in [5, 5.41) is 4.65. The van der Waals surface area contributed by atoms with E-state index in [1.54, 1.807) is 10.5 Å². The van der Waals surface area contributed by atoms with Crippen molar-refractivity contribution in [1.82, 2.24) is 28.9 Å². The second-order valence-corrected chi connectivity index (χ2v) is 8.51. The lowest BCUT2D eigenvalue weighted by molar-refractivity contribution is 0.245. The smallest absolute Gasteiger partial charge is 0.258 e. The van der Waals surface area contributed by atoms with Gasteiger partial charge in [-0.15, -0.1) is 0 Å². The summed E-state index contributed by atoms with van der Waals surface area (Å²) in [6, 6.07) is 7.38. The van der Waals surface area contributed by atoms with E-state index < -0.39 is 0 Å². The summed E-state index contributed by atoms with van der Waals surface area (Å²) in [7, 11) is 0. The van der Waals surface area contributed by atoms with Gasteiger partial charge in [0.2, 0.25) is 0 Å². The molecule has 1 saturated heterocycles. The average molecular weight is 450 g/mol. The van der Waals surface area contributed by atoms with Crippen LogP contribution in [0.25, 0.3) is 22.6 Å². The Kier molecular flexibility index (Phi) is 5.80. The molecule has 0 amide bonds. The number of alkyl halides is 1. The van der Waals surface area contributed by atoms with Gasteiger partial charge in [-0.1, -0.05) is 6.92 Å². The highest BCUT2D eigenvalue weighted by molar-refractivity contribution is 5.66. The summed E-state index contributed by atoms with van der Waals surface area (Å²) in [5.41, 5.74) is 5.46. The van der Waals surface area contributed by atoms with Crippen LogP contribution in [-0.4, -0.2) is 68.3 Å². The quantitative estimate of drug-likeness (QED) is 0.451. The van der Waals surface area contributed by atoms with Crippen molar-refractivity contribution >= 4 is 16.9 Å². The van der Waals surface area contributed by atoms with Gasteiger partial charge in [0.25, 0.3) is 5.56 Å². The minimum Gasteiger partial charge on any atom is -0.368 e. The van der Waals surface area contributed by atoms with Crippen LogP contribution in [0.3, 0.4) is 0 Å². The third-order valence-electron chi connectivity index (χ3n) is 6.24. The highest BCUT2D eigenvalue weighted by Gasteiger charge is 2.18. The predicted octanol–water partition coefficient (Wildman–Crippen LogP) is 2.76. The van der Waals surface area contributed by atoms with E-state index in [1.807, 2.05) is 42.0 Å². The first-order valence-corrected chi connectivity index (χ1v) is 11.5. The molecule has 8 nitrogen and oxygen atoms in total. The first-order valence-electron chi connectivity index (χ1n) is 11.5. The maximum absolute atomic E-state index is 13.0. The van der Waals surface area contributed by atoms with E-state index in [1.165, 1.54) is 0 Å². The van der Waals surface area contributed by atoms with Gasteiger partial charge in [-0.2, -0.15) is 5.10 Å². The molecule has 0 atom stereocenters. The molecule has 9 heteroatoms. The molecule has 5 heterocycles. The largest absolute Gasteiger partial charge is 0.368 e. The number of aromatic nitrogens is 5. The molecule has 172 valence electrons. The minimum atomic E-state index is -0.270. The summed E-state index contributed by atoms with van der Waals surface area (Å²) in [6.07, 6.45) is 5.13. The van der Waals surface area contributed by atoms with Crippen LogP contribution in [-0.2, 0) is 6.42 Å². The van der Waals surface area contributed by atoms with Gasteiger partial charge in [-0.3, -0.25) is 23.5 Å². The van der Waals surface area contributed by atoms with Crippen molar-refractivity contribution in [2.24, 2.45) is 0 Å². The van der Waals surface area contributed by atoms with E-state index in [4.69, 9.17) is 4.98 Å². The first kappa shape index (κ1) is 21.5. The fourth-order valence-electron chi connectivity index (χ4n) is 4.49. The van der Waals surface area contributed by atoms with Crippen LogP contribution in [0.4, 0.5) is 10.1 Å². The Labute approximate surface area is 191 Å². The Hall–Kier alpha value is -3.33. The molecule has 1 aliphatic rings. The molecule has 1 fully saturated rings. The Morgan fingerprint density at radius 1 is 1.03 bits per heavy atom. The normalized spacial score (nSPS) is 15.1. The number of halogens is 1. The third kappa shape index (κ3) is 4.20. The van der Waals surface area contributed by atoms with E-state index in [0.29, 0.717) is 23.5 Å². The molecule has 4 aromatic rings. The Bertz CT molecular complexity index is 1350. The molecule has 0 unspecified atom stereocenters. The van der Waals surface area contributed by atoms with Crippen LogP contribution in [0.2, 0.25) is 0 Å². The van der Waals surface area contributed by atoms with Crippen LogP contribution in [0.15, 0.2) is 41.5 Å². The van der Waals surface area contributed by atoms with Crippen molar-refractivity contribution in [3.8, 4) is 11.4 Å². The molecule has 0 saturated carbocycles. The van der Waals surface area contributed by atoms with Gasteiger partial charge in [0.15, 0.2) is 0 Å². The molecule has 33 heavy (non-hydrogen) atoms. The van der Waals surface area contributed by atoms with Crippen LogP contribution < -0.4 is 10.5 Å². The fraction of sp³-hybridized carbons (Fsp3) is 0.417. The SMILES string of the molecule is CCc1nc(C)cn2nc(-c3cc(=O)n4cc(N5CCN(CCCF)CC5)ccc4n3)cc12. The number of aryl methyl sites for hydroxylation is 2. The van der Waals surface area contributed by atoms with E-state index >= 15 is 0 Å². The minimum absolute atomic E-state index is 0.138. The standard InChI is InChI=1S/C24H28FN7O/c1-3-19-22-13-21(28-32(22)15-17(2)26-19)20-14-24(33)31-16-18(5-6-23(31)27-20)30-11-9-29(10-12-30)8-4-7-25/h5-6,13-16H,3-4,7-12H2,1-2H3. The maximum atomic E-state index is 13.0. The lowest BCUT2D eigenvalue weighted by Gasteiger charge is -2.36. The van der Waals surface area contributed by atoms with Gasteiger partial charge in [-0.25, -0.2) is 9.50 Å². The van der Waals surface area contributed by atoms with Gasteiger partial charge in [-0.05, 0) is 38.0 Å². The second-order valence-electron chi connectivity index (χ2n) is 8.51.